The Kier molecular flexibility index (Phi) is 6.94. The molecule has 0 saturated carbocycles. The van der Waals surface area contributed by atoms with E-state index in [1.165, 1.54) is 18.7 Å². The van der Waals surface area contributed by atoms with E-state index in [2.05, 4.69) is 26.0 Å². The molecule has 3 N–H and O–H groups in total. The number of nitrogens with zero attached hydrogens (tertiary/aromatic N) is 2. The van der Waals surface area contributed by atoms with E-state index in [1.807, 2.05) is 6.92 Å². The molecule has 19 heavy (non-hydrogen) atoms. The third-order valence-corrected chi connectivity index (χ3v) is 3.22. The van der Waals surface area contributed by atoms with Crippen LogP contribution in [0.2, 0.25) is 0 Å². The van der Waals surface area contributed by atoms with Crippen LogP contribution in [0.1, 0.15) is 26.7 Å². The third-order valence-electron chi connectivity index (χ3n) is 2.32. The number of aromatic amines is 1. The highest BCUT2D eigenvalue weighted by Crippen LogP contribution is 2.10. The van der Waals surface area contributed by atoms with Crippen molar-refractivity contribution < 1.29 is 9.59 Å². The molecule has 0 radical (unpaired) electrons. The minimum atomic E-state index is -0.445. The van der Waals surface area contributed by atoms with Gasteiger partial charge in [0.2, 0.25) is 11.8 Å². The van der Waals surface area contributed by atoms with Crippen LogP contribution in [0.5, 0.6) is 0 Å². The number of H-pyrrole nitrogens is 1. The van der Waals surface area contributed by atoms with Gasteiger partial charge in [0.1, 0.15) is 11.1 Å². The molecule has 0 aromatic carbocycles. The minimum Gasteiger partial charge on any atom is -0.353 e. The van der Waals surface area contributed by atoms with Crippen LogP contribution in [0.25, 0.3) is 0 Å². The summed E-state index contributed by atoms with van der Waals surface area (Å²) >= 11 is 1.50. The number of hydrogen-bond acceptors (Lipinski definition) is 5. The minimum absolute atomic E-state index is 0.141. The van der Waals surface area contributed by atoms with Crippen LogP contribution in [0, 0.1) is 0 Å². The summed E-state index contributed by atoms with van der Waals surface area (Å²) < 4.78 is 0. The Hall–Kier alpha value is -1.57. The number of rotatable bonds is 8. The van der Waals surface area contributed by atoms with Crippen molar-refractivity contribution in [2.75, 3.05) is 12.3 Å². The van der Waals surface area contributed by atoms with Gasteiger partial charge in [-0.3, -0.25) is 9.59 Å². The first-order chi connectivity index (χ1) is 9.13. The molecule has 1 heterocycles. The topological polar surface area (TPSA) is 99.8 Å². The highest BCUT2D eigenvalue weighted by molar-refractivity contribution is 7.99. The van der Waals surface area contributed by atoms with E-state index in [9.17, 15) is 9.59 Å². The fraction of sp³-hybridized carbons (Fsp3) is 0.636. The van der Waals surface area contributed by atoms with Gasteiger partial charge < -0.3 is 10.6 Å². The molecule has 2 amide bonds. The van der Waals surface area contributed by atoms with Crippen LogP contribution in [0.4, 0.5) is 0 Å². The lowest BCUT2D eigenvalue weighted by atomic mass is 10.1. The fourth-order valence-electron chi connectivity index (χ4n) is 1.52. The van der Waals surface area contributed by atoms with E-state index < -0.39 is 6.04 Å². The van der Waals surface area contributed by atoms with Crippen molar-refractivity contribution >= 4 is 23.6 Å². The van der Waals surface area contributed by atoms with Crippen molar-refractivity contribution in [3.05, 3.63) is 6.20 Å². The highest BCUT2D eigenvalue weighted by Gasteiger charge is 2.17. The molecule has 106 valence electrons. The average molecular weight is 285 g/mol. The molecule has 8 heteroatoms. The fourth-order valence-corrected chi connectivity index (χ4v) is 2.16. The molecule has 7 nitrogen and oxygen atoms in total. The molecule has 0 saturated heterocycles. The molecule has 0 aliphatic carbocycles. The van der Waals surface area contributed by atoms with Crippen LogP contribution >= 0.6 is 11.8 Å². The number of amides is 2. The molecule has 1 aromatic heterocycles. The van der Waals surface area contributed by atoms with Crippen LogP contribution in [-0.4, -0.2) is 45.6 Å². The molecule has 1 rings (SSSR count). The van der Waals surface area contributed by atoms with Crippen LogP contribution < -0.4 is 10.6 Å². The van der Waals surface area contributed by atoms with Crippen molar-refractivity contribution in [1.29, 1.82) is 0 Å². The Labute approximate surface area is 116 Å². The van der Waals surface area contributed by atoms with Gasteiger partial charge in [-0.1, -0.05) is 13.3 Å². The van der Waals surface area contributed by atoms with E-state index in [0.29, 0.717) is 18.7 Å². The van der Waals surface area contributed by atoms with Gasteiger partial charge in [0.05, 0.1) is 6.20 Å². The van der Waals surface area contributed by atoms with Gasteiger partial charge in [0, 0.05) is 19.2 Å². The maximum atomic E-state index is 11.9. The summed E-state index contributed by atoms with van der Waals surface area (Å²) in [4.78, 5) is 22.9. The van der Waals surface area contributed by atoms with Gasteiger partial charge in [-0.15, -0.1) is 16.9 Å². The van der Waals surface area contributed by atoms with E-state index in [0.717, 1.165) is 11.4 Å². The molecule has 1 aromatic rings. The summed E-state index contributed by atoms with van der Waals surface area (Å²) in [5.74, 6) is 0.375. The monoisotopic (exact) mass is 285 g/mol. The number of aromatic nitrogens is 3. The Bertz CT molecular complexity index is 396. The van der Waals surface area contributed by atoms with Gasteiger partial charge in [-0.2, -0.15) is 10.3 Å². The zero-order chi connectivity index (χ0) is 14.1. The number of nitrogens with one attached hydrogen (secondary N) is 3. The number of thioether (sulfide) groups is 1. The lowest BCUT2D eigenvalue weighted by Gasteiger charge is -2.16. The molecule has 0 fully saturated rings. The maximum Gasteiger partial charge on any atom is 0.242 e. The van der Waals surface area contributed by atoms with Crippen molar-refractivity contribution in [1.82, 2.24) is 26.0 Å². The lowest BCUT2D eigenvalue weighted by Crippen LogP contribution is -2.46. The molecule has 1 atom stereocenters. The van der Waals surface area contributed by atoms with Crippen molar-refractivity contribution in [2.24, 2.45) is 0 Å². The van der Waals surface area contributed by atoms with Crippen LogP contribution in [0.3, 0.4) is 0 Å². The third kappa shape index (κ3) is 6.23. The van der Waals surface area contributed by atoms with E-state index in [1.54, 1.807) is 6.20 Å². The van der Waals surface area contributed by atoms with E-state index >= 15 is 0 Å². The van der Waals surface area contributed by atoms with Gasteiger partial charge >= 0.3 is 0 Å². The predicted molar refractivity (Wildman–Crippen MR) is 72.6 cm³/mol. The zero-order valence-corrected chi connectivity index (χ0v) is 11.9. The van der Waals surface area contributed by atoms with Gasteiger partial charge in [-0.25, -0.2) is 0 Å². The Balaban J connectivity index is 2.25. The van der Waals surface area contributed by atoms with Gasteiger partial charge in [-0.05, 0) is 6.42 Å². The van der Waals surface area contributed by atoms with E-state index in [-0.39, 0.29) is 11.8 Å². The van der Waals surface area contributed by atoms with E-state index in [4.69, 9.17) is 0 Å². The first-order valence-electron chi connectivity index (χ1n) is 6.17. The summed E-state index contributed by atoms with van der Waals surface area (Å²) in [7, 11) is 0. The van der Waals surface area contributed by atoms with Crippen molar-refractivity contribution in [2.45, 2.75) is 37.8 Å². The molecule has 0 unspecified atom stereocenters. The second-order valence-corrected chi connectivity index (χ2v) is 5.10. The van der Waals surface area contributed by atoms with Crippen LogP contribution in [0.15, 0.2) is 11.2 Å². The van der Waals surface area contributed by atoms with Crippen LogP contribution in [-0.2, 0) is 9.59 Å². The molecule has 0 aliphatic heterocycles. The summed E-state index contributed by atoms with van der Waals surface area (Å²) in [6, 6.07) is -0.445. The molecule has 0 spiro atoms. The molecule has 0 aliphatic rings. The summed E-state index contributed by atoms with van der Waals surface area (Å²) in [6.07, 6.45) is 3.11. The normalized spacial score (nSPS) is 11.9. The van der Waals surface area contributed by atoms with Gasteiger partial charge in [0.25, 0.3) is 0 Å². The maximum absolute atomic E-state index is 11.9. The number of carbonyl (C=O) groups excluding carboxylic acids is 2. The van der Waals surface area contributed by atoms with Gasteiger partial charge in [0.15, 0.2) is 0 Å². The highest BCUT2D eigenvalue weighted by atomic mass is 32.2. The zero-order valence-electron chi connectivity index (χ0n) is 11.1. The summed E-state index contributed by atoms with van der Waals surface area (Å²) in [6.45, 7) is 3.91. The standard InChI is InChI=1S/C11H19N5O2S/c1-3-4-9(14-8(2)17)11(18)12-5-6-19-10-7-13-16-15-10/h7,9H,3-6H2,1-2H3,(H,12,18)(H,14,17)(H,13,15,16)/t9-/m0/s1. The molecule has 0 bridgehead atoms. The second kappa shape index (κ2) is 8.52. The number of hydrogen-bond donors (Lipinski definition) is 3. The SMILES string of the molecule is CCC[C@H](NC(C)=O)C(=O)NCCSc1cn[nH]n1. The predicted octanol–water partition coefficient (Wildman–Crippen LogP) is 0.318. The molecular weight excluding hydrogens is 266 g/mol. The van der Waals surface area contributed by atoms with Crippen molar-refractivity contribution in [3.8, 4) is 0 Å². The summed E-state index contributed by atoms with van der Waals surface area (Å²) in [5.41, 5.74) is 0. The average Bonchev–Trinajstić information content (AvgIpc) is 2.86. The smallest absolute Gasteiger partial charge is 0.242 e. The number of carbonyl (C=O) groups is 2. The quantitative estimate of drug-likeness (QED) is 0.472. The lowest BCUT2D eigenvalue weighted by molar-refractivity contribution is -0.128. The van der Waals surface area contributed by atoms with Crippen molar-refractivity contribution in [3.63, 3.8) is 0 Å². The Morgan fingerprint density at radius 2 is 2.32 bits per heavy atom. The Morgan fingerprint density at radius 3 is 2.89 bits per heavy atom. The molecular formula is C11H19N5O2S. The summed E-state index contributed by atoms with van der Waals surface area (Å²) in [5, 5.41) is 16.3. The largest absolute Gasteiger partial charge is 0.353 e. The first-order valence-corrected chi connectivity index (χ1v) is 7.15. The second-order valence-electron chi connectivity index (χ2n) is 3.99. The Morgan fingerprint density at radius 1 is 1.53 bits per heavy atom. The first kappa shape index (κ1) is 15.5.